The number of carbonyl (C=O) groups is 1. The van der Waals surface area contributed by atoms with Crippen LogP contribution in [0.1, 0.15) is 68.0 Å². The Balaban J connectivity index is 1.35. The molecule has 0 spiro atoms. The van der Waals surface area contributed by atoms with Crippen LogP contribution < -0.4 is 0 Å². The largest absolute Gasteiger partial charge is 0.339 e. The number of rotatable bonds is 6. The van der Waals surface area contributed by atoms with Crippen molar-refractivity contribution in [3.63, 3.8) is 0 Å². The number of amides is 1. The van der Waals surface area contributed by atoms with E-state index in [4.69, 9.17) is 4.52 Å². The molecule has 1 saturated heterocycles. The van der Waals surface area contributed by atoms with Crippen molar-refractivity contribution in [2.75, 3.05) is 6.54 Å². The summed E-state index contributed by atoms with van der Waals surface area (Å²) < 4.78 is 7.44. The lowest BCUT2D eigenvalue weighted by Gasteiger charge is -2.22. The van der Waals surface area contributed by atoms with Crippen LogP contribution in [0, 0.1) is 6.92 Å². The summed E-state index contributed by atoms with van der Waals surface area (Å²) in [6.07, 6.45) is 9.32. The van der Waals surface area contributed by atoms with Gasteiger partial charge in [0, 0.05) is 37.8 Å². The third-order valence-electron chi connectivity index (χ3n) is 4.97. The minimum absolute atomic E-state index is 0.0104. The van der Waals surface area contributed by atoms with Crippen LogP contribution in [0.25, 0.3) is 0 Å². The first-order chi connectivity index (χ1) is 11.7. The van der Waals surface area contributed by atoms with Gasteiger partial charge in [0.15, 0.2) is 5.82 Å². The molecule has 0 N–H and O–H groups in total. The van der Waals surface area contributed by atoms with E-state index in [9.17, 15) is 4.79 Å². The molecular weight excluding hydrogens is 306 g/mol. The molecule has 0 bridgehead atoms. The van der Waals surface area contributed by atoms with Crippen molar-refractivity contribution in [3.05, 3.63) is 29.9 Å². The zero-order valence-electron chi connectivity index (χ0n) is 14.0. The molecule has 0 unspecified atom stereocenters. The third-order valence-corrected chi connectivity index (χ3v) is 4.97. The Morgan fingerprint density at radius 1 is 1.38 bits per heavy atom. The zero-order valence-corrected chi connectivity index (χ0v) is 14.0. The molecule has 0 radical (unpaired) electrons. The molecule has 1 saturated carbocycles. The van der Waals surface area contributed by atoms with Gasteiger partial charge in [-0.3, -0.25) is 4.79 Å². The minimum atomic E-state index is -0.0104. The molecule has 2 aromatic heterocycles. The number of imidazole rings is 1. The van der Waals surface area contributed by atoms with Crippen LogP contribution >= 0.6 is 0 Å². The fourth-order valence-electron chi connectivity index (χ4n) is 3.40. The fourth-order valence-corrected chi connectivity index (χ4v) is 3.40. The van der Waals surface area contributed by atoms with Crippen LogP contribution in [0.15, 0.2) is 16.9 Å². The lowest BCUT2D eigenvalue weighted by Crippen LogP contribution is -2.31. The van der Waals surface area contributed by atoms with Crippen molar-refractivity contribution in [2.45, 2.75) is 64.0 Å². The molecule has 7 heteroatoms. The van der Waals surface area contributed by atoms with E-state index in [1.54, 1.807) is 6.20 Å². The standard InChI is InChI=1S/C17H23N5O2/c1-12-18-8-11-21(12)9-3-5-15(23)22-10-2-4-14(22)16-19-17(24-20-16)13-6-7-13/h8,11,13-14H,2-7,9-10H2,1H3/t14-/m1/s1. The average Bonchev–Trinajstić information content (AvgIpc) is 3.00. The zero-order chi connectivity index (χ0) is 16.5. The van der Waals surface area contributed by atoms with Crippen molar-refractivity contribution < 1.29 is 9.32 Å². The third kappa shape index (κ3) is 3.07. The lowest BCUT2D eigenvalue weighted by molar-refractivity contribution is -0.132. The van der Waals surface area contributed by atoms with Crippen molar-refractivity contribution in [1.82, 2.24) is 24.6 Å². The number of aryl methyl sites for hydroxylation is 2. The van der Waals surface area contributed by atoms with Gasteiger partial charge in [0.25, 0.3) is 0 Å². The second kappa shape index (κ2) is 6.37. The van der Waals surface area contributed by atoms with Crippen molar-refractivity contribution in [2.24, 2.45) is 0 Å². The number of aromatic nitrogens is 4. The molecule has 4 rings (SSSR count). The minimum Gasteiger partial charge on any atom is -0.339 e. The Kier molecular flexibility index (Phi) is 4.08. The van der Waals surface area contributed by atoms with Gasteiger partial charge in [0.05, 0.1) is 6.04 Å². The molecule has 2 aromatic rings. The number of carbonyl (C=O) groups excluding carboxylic acids is 1. The summed E-state index contributed by atoms with van der Waals surface area (Å²) in [5.41, 5.74) is 0. The summed E-state index contributed by atoms with van der Waals surface area (Å²) in [6.45, 7) is 3.59. The van der Waals surface area contributed by atoms with E-state index in [1.807, 2.05) is 18.0 Å². The molecule has 3 heterocycles. The quantitative estimate of drug-likeness (QED) is 0.814. The predicted molar refractivity (Wildman–Crippen MR) is 86.2 cm³/mol. The van der Waals surface area contributed by atoms with Crippen LogP contribution in [0.5, 0.6) is 0 Å². The van der Waals surface area contributed by atoms with Gasteiger partial charge < -0.3 is 14.0 Å². The molecule has 2 aliphatic rings. The van der Waals surface area contributed by atoms with Gasteiger partial charge in [-0.15, -0.1) is 0 Å². The molecule has 1 aliphatic heterocycles. The molecule has 1 amide bonds. The van der Waals surface area contributed by atoms with E-state index in [1.165, 1.54) is 0 Å². The van der Waals surface area contributed by atoms with E-state index in [0.717, 1.165) is 56.9 Å². The van der Waals surface area contributed by atoms with Gasteiger partial charge in [-0.2, -0.15) is 4.98 Å². The van der Waals surface area contributed by atoms with Crippen molar-refractivity contribution >= 4 is 5.91 Å². The molecule has 0 aromatic carbocycles. The number of likely N-dealkylation sites (tertiary alicyclic amines) is 1. The number of nitrogens with zero attached hydrogens (tertiary/aromatic N) is 5. The molecule has 24 heavy (non-hydrogen) atoms. The van der Waals surface area contributed by atoms with E-state index in [-0.39, 0.29) is 11.9 Å². The van der Waals surface area contributed by atoms with Gasteiger partial charge in [-0.25, -0.2) is 4.98 Å². The normalized spacial score (nSPS) is 20.7. The second-order valence-electron chi connectivity index (χ2n) is 6.78. The molecule has 1 atom stereocenters. The maximum Gasteiger partial charge on any atom is 0.229 e. The van der Waals surface area contributed by atoms with Gasteiger partial charge in [0.1, 0.15) is 5.82 Å². The van der Waals surface area contributed by atoms with Crippen LogP contribution in [-0.2, 0) is 11.3 Å². The molecule has 1 aliphatic carbocycles. The maximum atomic E-state index is 12.6. The highest BCUT2D eigenvalue weighted by atomic mass is 16.5. The van der Waals surface area contributed by atoms with E-state index < -0.39 is 0 Å². The second-order valence-corrected chi connectivity index (χ2v) is 6.78. The number of hydrogen-bond acceptors (Lipinski definition) is 5. The highest BCUT2D eigenvalue weighted by Gasteiger charge is 2.35. The monoisotopic (exact) mass is 329 g/mol. The summed E-state index contributed by atoms with van der Waals surface area (Å²) >= 11 is 0. The summed E-state index contributed by atoms with van der Waals surface area (Å²) in [6, 6.07) is -0.0104. The predicted octanol–water partition coefficient (Wildman–Crippen LogP) is 2.60. The first-order valence-corrected chi connectivity index (χ1v) is 8.83. The topological polar surface area (TPSA) is 77.0 Å². The van der Waals surface area contributed by atoms with Crippen molar-refractivity contribution in [3.8, 4) is 0 Å². The van der Waals surface area contributed by atoms with Crippen LogP contribution in [-0.4, -0.2) is 37.0 Å². The lowest BCUT2D eigenvalue weighted by atomic mass is 10.2. The van der Waals surface area contributed by atoms with Crippen LogP contribution in [0.3, 0.4) is 0 Å². The summed E-state index contributed by atoms with van der Waals surface area (Å²) in [7, 11) is 0. The van der Waals surface area contributed by atoms with Gasteiger partial charge in [0.2, 0.25) is 11.8 Å². The Morgan fingerprint density at radius 2 is 2.25 bits per heavy atom. The Labute approximate surface area is 141 Å². The fraction of sp³-hybridized carbons (Fsp3) is 0.647. The maximum absolute atomic E-state index is 12.6. The molecule has 7 nitrogen and oxygen atoms in total. The van der Waals surface area contributed by atoms with Crippen molar-refractivity contribution in [1.29, 1.82) is 0 Å². The highest BCUT2D eigenvalue weighted by molar-refractivity contribution is 5.76. The van der Waals surface area contributed by atoms with Gasteiger partial charge in [-0.1, -0.05) is 5.16 Å². The highest BCUT2D eigenvalue weighted by Crippen LogP contribution is 2.40. The first-order valence-electron chi connectivity index (χ1n) is 8.83. The van der Waals surface area contributed by atoms with E-state index in [2.05, 4.69) is 19.7 Å². The molecule has 128 valence electrons. The van der Waals surface area contributed by atoms with Crippen LogP contribution in [0.2, 0.25) is 0 Å². The molecular formula is C17H23N5O2. The molecule has 2 fully saturated rings. The number of hydrogen-bond donors (Lipinski definition) is 0. The first kappa shape index (κ1) is 15.4. The van der Waals surface area contributed by atoms with Gasteiger partial charge >= 0.3 is 0 Å². The Bertz CT molecular complexity index is 718. The van der Waals surface area contributed by atoms with Crippen LogP contribution in [0.4, 0.5) is 0 Å². The summed E-state index contributed by atoms with van der Waals surface area (Å²) in [4.78, 5) is 23.3. The van der Waals surface area contributed by atoms with E-state index >= 15 is 0 Å². The SMILES string of the molecule is Cc1nccn1CCCC(=O)N1CCC[C@@H]1c1noc(C2CC2)n1. The Morgan fingerprint density at radius 3 is 3.00 bits per heavy atom. The van der Waals surface area contributed by atoms with Gasteiger partial charge in [-0.05, 0) is 39.0 Å². The Hall–Kier alpha value is -2.18. The average molecular weight is 329 g/mol. The summed E-state index contributed by atoms with van der Waals surface area (Å²) in [5.74, 6) is 3.07. The van der Waals surface area contributed by atoms with E-state index in [0.29, 0.717) is 18.2 Å². The summed E-state index contributed by atoms with van der Waals surface area (Å²) in [5, 5.41) is 4.13. The smallest absolute Gasteiger partial charge is 0.229 e.